The highest BCUT2D eigenvalue weighted by Gasteiger charge is 2.41. The van der Waals surface area contributed by atoms with Crippen molar-refractivity contribution in [1.29, 1.82) is 0 Å². The molecule has 2 rings (SSSR count). The number of nitrogens with zero attached hydrogens (tertiary/aromatic N) is 1. The number of carbonyl (C=O) groups excluding carboxylic acids is 1. The number of unbranched alkanes of at least 4 members (excludes halogenated alkanes) is 1. The van der Waals surface area contributed by atoms with Gasteiger partial charge in [0.1, 0.15) is 5.82 Å². The Balaban J connectivity index is 2.33. The molecule has 3 nitrogen and oxygen atoms in total. The molecule has 5 heteroatoms. The van der Waals surface area contributed by atoms with Crippen molar-refractivity contribution >= 4 is 21.8 Å². The van der Waals surface area contributed by atoms with Crippen LogP contribution in [-0.2, 0) is 0 Å². The van der Waals surface area contributed by atoms with Crippen LogP contribution in [0.15, 0.2) is 22.7 Å². The lowest BCUT2D eigenvalue weighted by molar-refractivity contribution is 0.0438. The number of piperidine rings is 1. The Labute approximate surface area is 159 Å². The Morgan fingerprint density at radius 3 is 2.40 bits per heavy atom. The zero-order valence-corrected chi connectivity index (χ0v) is 17.5. The molecule has 1 amide bonds. The molecule has 140 valence electrons. The minimum absolute atomic E-state index is 0.0601. The molecule has 1 N–H and O–H groups in total. The number of halogens is 2. The van der Waals surface area contributed by atoms with Crippen molar-refractivity contribution in [2.45, 2.75) is 77.4 Å². The van der Waals surface area contributed by atoms with E-state index >= 15 is 0 Å². The van der Waals surface area contributed by atoms with Gasteiger partial charge < -0.3 is 10.2 Å². The first-order valence-corrected chi connectivity index (χ1v) is 9.89. The van der Waals surface area contributed by atoms with Crippen LogP contribution in [0.2, 0.25) is 0 Å². The zero-order chi connectivity index (χ0) is 18.8. The first-order valence-electron chi connectivity index (χ1n) is 9.10. The van der Waals surface area contributed by atoms with E-state index < -0.39 is 5.82 Å². The fourth-order valence-corrected chi connectivity index (χ4v) is 4.42. The highest BCUT2D eigenvalue weighted by Crippen LogP contribution is 2.33. The van der Waals surface area contributed by atoms with Crippen molar-refractivity contribution < 1.29 is 9.18 Å². The van der Waals surface area contributed by atoms with Crippen LogP contribution in [-0.4, -0.2) is 34.5 Å². The fourth-order valence-electron chi connectivity index (χ4n) is 4.08. The highest BCUT2D eigenvalue weighted by atomic mass is 79.9. The fraction of sp³-hybridized carbons (Fsp3) is 0.650. The van der Waals surface area contributed by atoms with Crippen molar-refractivity contribution in [2.75, 3.05) is 6.54 Å². The second kappa shape index (κ2) is 7.75. The molecule has 0 aromatic heterocycles. The number of rotatable bonds is 5. The van der Waals surface area contributed by atoms with Gasteiger partial charge in [-0.05, 0) is 65.2 Å². The molecule has 1 fully saturated rings. The van der Waals surface area contributed by atoms with E-state index in [0.29, 0.717) is 11.0 Å². The third-order valence-electron chi connectivity index (χ3n) is 4.78. The maximum Gasteiger partial charge on any atom is 0.257 e. The van der Waals surface area contributed by atoms with E-state index in [9.17, 15) is 9.18 Å². The maximum atomic E-state index is 14.4. The van der Waals surface area contributed by atoms with Gasteiger partial charge in [0.05, 0.1) is 5.56 Å². The SMILES string of the molecule is CCCCN(C(=O)c1ccc(Br)cc1F)C1CC(C)(C)NC(C)(C)C1. The molecule has 0 radical (unpaired) electrons. The van der Waals surface area contributed by atoms with Crippen LogP contribution in [0.4, 0.5) is 4.39 Å². The van der Waals surface area contributed by atoms with Gasteiger partial charge in [-0.1, -0.05) is 29.3 Å². The molecule has 1 heterocycles. The lowest BCUT2D eigenvalue weighted by Gasteiger charge is -2.49. The van der Waals surface area contributed by atoms with Gasteiger partial charge in [0.2, 0.25) is 0 Å². The summed E-state index contributed by atoms with van der Waals surface area (Å²) in [6, 6.07) is 4.78. The van der Waals surface area contributed by atoms with Crippen molar-refractivity contribution in [1.82, 2.24) is 10.2 Å². The maximum absolute atomic E-state index is 14.4. The summed E-state index contributed by atoms with van der Waals surface area (Å²) < 4.78 is 15.0. The van der Waals surface area contributed by atoms with Gasteiger partial charge in [0, 0.05) is 28.1 Å². The van der Waals surface area contributed by atoms with Crippen molar-refractivity contribution in [3.8, 4) is 0 Å². The zero-order valence-electron chi connectivity index (χ0n) is 16.0. The van der Waals surface area contributed by atoms with Crippen LogP contribution >= 0.6 is 15.9 Å². The molecule has 1 aromatic carbocycles. The van der Waals surface area contributed by atoms with Gasteiger partial charge >= 0.3 is 0 Å². The van der Waals surface area contributed by atoms with Gasteiger partial charge in [-0.25, -0.2) is 4.39 Å². The third kappa shape index (κ3) is 5.27. The summed E-state index contributed by atoms with van der Waals surface area (Å²) >= 11 is 3.26. The van der Waals surface area contributed by atoms with Crippen LogP contribution < -0.4 is 5.32 Å². The molecule has 0 unspecified atom stereocenters. The van der Waals surface area contributed by atoms with Crippen LogP contribution in [0.5, 0.6) is 0 Å². The molecule has 0 spiro atoms. The summed E-state index contributed by atoms with van der Waals surface area (Å²) in [5.74, 6) is -0.662. The topological polar surface area (TPSA) is 32.3 Å². The molecule has 0 atom stereocenters. The van der Waals surface area contributed by atoms with Crippen LogP contribution in [0.3, 0.4) is 0 Å². The number of benzene rings is 1. The first kappa shape index (κ1) is 20.4. The number of nitrogens with one attached hydrogen (secondary N) is 1. The van der Waals surface area contributed by atoms with E-state index in [1.807, 2.05) is 4.90 Å². The molecule has 1 aliphatic heterocycles. The van der Waals surface area contributed by atoms with Gasteiger partial charge in [0.15, 0.2) is 0 Å². The molecular weight excluding hydrogens is 383 g/mol. The van der Waals surface area contributed by atoms with Crippen LogP contribution in [0.25, 0.3) is 0 Å². The first-order chi connectivity index (χ1) is 11.5. The monoisotopic (exact) mass is 412 g/mol. The molecule has 0 bridgehead atoms. The number of hydrogen-bond donors (Lipinski definition) is 1. The van der Waals surface area contributed by atoms with Gasteiger partial charge in [-0.2, -0.15) is 0 Å². The molecule has 1 aliphatic rings. The second-order valence-corrected chi connectivity index (χ2v) is 9.35. The van der Waals surface area contributed by atoms with E-state index in [1.54, 1.807) is 12.1 Å². The summed E-state index contributed by atoms with van der Waals surface area (Å²) in [5.41, 5.74) is 0.0404. The minimum atomic E-state index is -0.465. The number of carbonyl (C=O) groups is 1. The van der Waals surface area contributed by atoms with E-state index in [0.717, 1.165) is 25.7 Å². The summed E-state index contributed by atoms with van der Waals surface area (Å²) in [6.45, 7) is 11.5. The van der Waals surface area contributed by atoms with E-state index in [4.69, 9.17) is 0 Å². The summed E-state index contributed by atoms with van der Waals surface area (Å²) in [4.78, 5) is 15.1. The molecule has 0 saturated carbocycles. The van der Waals surface area contributed by atoms with E-state index in [-0.39, 0.29) is 28.6 Å². The quantitative estimate of drug-likeness (QED) is 0.725. The Kier molecular flexibility index (Phi) is 6.31. The standard InChI is InChI=1S/C20H30BrFN2O/c1-6-7-10-24(15-12-19(2,3)23-20(4,5)13-15)18(25)16-9-8-14(21)11-17(16)22/h8-9,11,15,23H,6-7,10,12-13H2,1-5H3. The summed E-state index contributed by atoms with van der Waals surface area (Å²) in [5, 5.41) is 3.65. The molecular formula is C20H30BrFN2O. The van der Waals surface area contributed by atoms with Crippen LogP contribution in [0, 0.1) is 5.82 Å². The number of hydrogen-bond acceptors (Lipinski definition) is 2. The number of amides is 1. The lowest BCUT2D eigenvalue weighted by Crippen LogP contribution is -2.63. The average Bonchev–Trinajstić information content (AvgIpc) is 2.44. The largest absolute Gasteiger partial charge is 0.335 e. The predicted octanol–water partition coefficient (Wildman–Crippen LogP) is 5.14. The van der Waals surface area contributed by atoms with E-state index in [2.05, 4.69) is 55.9 Å². The smallest absolute Gasteiger partial charge is 0.257 e. The Bertz CT molecular complexity index is 614. The molecule has 1 saturated heterocycles. The Morgan fingerprint density at radius 2 is 1.88 bits per heavy atom. The van der Waals surface area contributed by atoms with Gasteiger partial charge in [-0.15, -0.1) is 0 Å². The molecule has 0 aliphatic carbocycles. The average molecular weight is 413 g/mol. The second-order valence-electron chi connectivity index (χ2n) is 8.43. The van der Waals surface area contributed by atoms with Gasteiger partial charge in [0.25, 0.3) is 5.91 Å². The summed E-state index contributed by atoms with van der Waals surface area (Å²) in [7, 11) is 0. The summed E-state index contributed by atoms with van der Waals surface area (Å²) in [6.07, 6.45) is 3.66. The van der Waals surface area contributed by atoms with Crippen molar-refractivity contribution in [3.63, 3.8) is 0 Å². The van der Waals surface area contributed by atoms with Crippen molar-refractivity contribution in [2.24, 2.45) is 0 Å². The van der Waals surface area contributed by atoms with Crippen LogP contribution in [0.1, 0.15) is 70.7 Å². The third-order valence-corrected chi connectivity index (χ3v) is 5.28. The minimum Gasteiger partial charge on any atom is -0.335 e. The lowest BCUT2D eigenvalue weighted by atomic mass is 9.78. The molecule has 25 heavy (non-hydrogen) atoms. The van der Waals surface area contributed by atoms with E-state index in [1.165, 1.54) is 6.07 Å². The van der Waals surface area contributed by atoms with Crippen molar-refractivity contribution in [3.05, 3.63) is 34.1 Å². The predicted molar refractivity (Wildman–Crippen MR) is 104 cm³/mol. The Hall–Kier alpha value is -0.940. The Morgan fingerprint density at radius 1 is 1.28 bits per heavy atom. The molecule has 1 aromatic rings. The van der Waals surface area contributed by atoms with Gasteiger partial charge in [-0.3, -0.25) is 4.79 Å². The normalized spacial score (nSPS) is 19.6. The highest BCUT2D eigenvalue weighted by molar-refractivity contribution is 9.10.